The zero-order chi connectivity index (χ0) is 15.7. The van der Waals surface area contributed by atoms with Gasteiger partial charge in [0.2, 0.25) is 0 Å². The van der Waals surface area contributed by atoms with Crippen molar-refractivity contribution in [3.8, 4) is 0 Å². The minimum absolute atomic E-state index is 0.0126. The quantitative estimate of drug-likeness (QED) is 0.897. The molecule has 2 aromatic rings. The van der Waals surface area contributed by atoms with Gasteiger partial charge in [-0.25, -0.2) is 0 Å². The smallest absolute Gasteiger partial charge is 0.253 e. The Hall–Kier alpha value is -1.33. The third-order valence-corrected chi connectivity index (χ3v) is 4.65. The van der Waals surface area contributed by atoms with Crippen LogP contribution in [0.25, 0.3) is 10.9 Å². The molecule has 5 heteroatoms. The molecular weight excluding hydrogens is 344 g/mol. The minimum atomic E-state index is 0.0126. The van der Waals surface area contributed by atoms with Crippen LogP contribution in [0.5, 0.6) is 0 Å². The Kier molecular flexibility index (Phi) is 4.54. The van der Waals surface area contributed by atoms with Crippen molar-refractivity contribution in [1.29, 1.82) is 0 Å². The highest BCUT2D eigenvalue weighted by atomic mass is 79.9. The van der Waals surface area contributed by atoms with Crippen LogP contribution in [0.3, 0.4) is 0 Å². The molecule has 0 aliphatic carbocycles. The number of amides is 1. The fraction of sp³-hybridized carbons (Fsp3) is 0.471. The lowest BCUT2D eigenvalue weighted by Gasteiger charge is -2.22. The summed E-state index contributed by atoms with van der Waals surface area (Å²) in [5.74, 6) is 0.0126. The molecule has 0 unspecified atom stereocenters. The van der Waals surface area contributed by atoms with Crippen molar-refractivity contribution in [2.24, 2.45) is 0 Å². The van der Waals surface area contributed by atoms with Crippen LogP contribution in [-0.4, -0.2) is 29.7 Å². The highest BCUT2D eigenvalue weighted by molar-refractivity contribution is 9.10. The lowest BCUT2D eigenvalue weighted by atomic mass is 10.1. The maximum atomic E-state index is 12.7. The van der Waals surface area contributed by atoms with Crippen molar-refractivity contribution < 1.29 is 9.53 Å². The first-order valence-corrected chi connectivity index (χ1v) is 8.54. The summed E-state index contributed by atoms with van der Waals surface area (Å²) in [4.78, 5) is 12.7. The lowest BCUT2D eigenvalue weighted by molar-refractivity contribution is 0.0697. The Morgan fingerprint density at radius 3 is 2.77 bits per heavy atom. The number of hydrogen-bond donors (Lipinski definition) is 1. The van der Waals surface area contributed by atoms with Crippen molar-refractivity contribution in [3.05, 3.63) is 34.4 Å². The standard InChI is InChI=1S/C17H21BrN2O2/c1-11(2)20-10-15(14-4-3-12(18)9-16(14)20)17(21)19-13-5-7-22-8-6-13/h3-4,9-11,13H,5-8H2,1-2H3,(H,19,21). The first-order valence-electron chi connectivity index (χ1n) is 7.75. The highest BCUT2D eigenvalue weighted by Crippen LogP contribution is 2.28. The monoisotopic (exact) mass is 364 g/mol. The molecule has 3 rings (SSSR count). The van der Waals surface area contributed by atoms with Crippen molar-refractivity contribution in [2.75, 3.05) is 13.2 Å². The number of nitrogens with zero attached hydrogens (tertiary/aromatic N) is 1. The van der Waals surface area contributed by atoms with Crippen molar-refractivity contribution in [2.45, 2.75) is 38.8 Å². The second-order valence-corrected chi connectivity index (χ2v) is 6.98. The van der Waals surface area contributed by atoms with Gasteiger partial charge < -0.3 is 14.6 Å². The van der Waals surface area contributed by atoms with Crippen LogP contribution < -0.4 is 5.32 Å². The molecule has 22 heavy (non-hydrogen) atoms. The van der Waals surface area contributed by atoms with Crippen LogP contribution in [0.4, 0.5) is 0 Å². The number of carbonyl (C=O) groups is 1. The average molecular weight is 365 g/mol. The summed E-state index contributed by atoms with van der Waals surface area (Å²) in [6, 6.07) is 6.59. The molecule has 0 atom stereocenters. The first-order chi connectivity index (χ1) is 10.6. The fourth-order valence-electron chi connectivity index (χ4n) is 2.94. The predicted octanol–water partition coefficient (Wildman–Crippen LogP) is 3.89. The number of fused-ring (bicyclic) bond motifs is 1. The summed E-state index contributed by atoms with van der Waals surface area (Å²) in [6.45, 7) is 5.71. The normalized spacial score (nSPS) is 16.4. The second-order valence-electron chi connectivity index (χ2n) is 6.07. The van der Waals surface area contributed by atoms with Gasteiger partial charge in [0.1, 0.15) is 0 Å². The summed E-state index contributed by atoms with van der Waals surface area (Å²) in [6.07, 6.45) is 3.75. The van der Waals surface area contributed by atoms with Crippen LogP contribution in [0.15, 0.2) is 28.9 Å². The number of halogens is 1. The van der Waals surface area contributed by atoms with Crippen LogP contribution >= 0.6 is 15.9 Å². The van der Waals surface area contributed by atoms with Crippen LogP contribution in [0, 0.1) is 0 Å². The Bertz CT molecular complexity index is 687. The lowest BCUT2D eigenvalue weighted by Crippen LogP contribution is -2.38. The first kappa shape index (κ1) is 15.6. The van der Waals surface area contributed by atoms with Gasteiger partial charge in [-0.1, -0.05) is 22.0 Å². The molecular formula is C17H21BrN2O2. The summed E-state index contributed by atoms with van der Waals surface area (Å²) < 4.78 is 8.52. The molecule has 2 heterocycles. The SMILES string of the molecule is CC(C)n1cc(C(=O)NC2CCOCC2)c2ccc(Br)cc21. The van der Waals surface area contributed by atoms with E-state index in [0.717, 1.165) is 47.0 Å². The maximum absolute atomic E-state index is 12.7. The molecule has 1 aliphatic rings. The maximum Gasteiger partial charge on any atom is 0.253 e. The van der Waals surface area contributed by atoms with Gasteiger partial charge in [0.15, 0.2) is 0 Å². The zero-order valence-electron chi connectivity index (χ0n) is 12.9. The molecule has 4 nitrogen and oxygen atoms in total. The van der Waals surface area contributed by atoms with E-state index < -0.39 is 0 Å². The number of ether oxygens (including phenoxy) is 1. The van der Waals surface area contributed by atoms with Gasteiger partial charge >= 0.3 is 0 Å². The van der Waals surface area contributed by atoms with E-state index in [4.69, 9.17) is 4.74 Å². The van der Waals surface area contributed by atoms with Gasteiger partial charge in [-0.15, -0.1) is 0 Å². The Morgan fingerprint density at radius 1 is 1.36 bits per heavy atom. The predicted molar refractivity (Wildman–Crippen MR) is 91.3 cm³/mol. The number of benzene rings is 1. The van der Waals surface area contributed by atoms with Gasteiger partial charge in [-0.2, -0.15) is 0 Å². The number of rotatable bonds is 3. The summed E-state index contributed by atoms with van der Waals surface area (Å²) in [5, 5.41) is 4.15. The number of carbonyl (C=O) groups excluding carboxylic acids is 1. The molecule has 1 aromatic heterocycles. The third-order valence-electron chi connectivity index (χ3n) is 4.15. The van der Waals surface area contributed by atoms with Crippen molar-refractivity contribution in [1.82, 2.24) is 9.88 Å². The van der Waals surface area contributed by atoms with Crippen molar-refractivity contribution >= 4 is 32.7 Å². The number of aromatic nitrogens is 1. The summed E-state index contributed by atoms with van der Waals surface area (Å²) in [5.41, 5.74) is 1.84. The van der Waals surface area contributed by atoms with Gasteiger partial charge in [0, 0.05) is 41.4 Å². The molecule has 1 amide bonds. The van der Waals surface area contributed by atoms with Gasteiger partial charge in [0.25, 0.3) is 5.91 Å². The van der Waals surface area contributed by atoms with E-state index in [9.17, 15) is 4.79 Å². The number of nitrogens with one attached hydrogen (secondary N) is 1. The molecule has 1 fully saturated rings. The van der Waals surface area contributed by atoms with Gasteiger partial charge in [-0.05, 0) is 38.8 Å². The number of hydrogen-bond acceptors (Lipinski definition) is 2. The minimum Gasteiger partial charge on any atom is -0.381 e. The molecule has 0 bridgehead atoms. The van der Waals surface area contributed by atoms with E-state index in [-0.39, 0.29) is 11.9 Å². The van der Waals surface area contributed by atoms with E-state index in [2.05, 4.69) is 45.7 Å². The van der Waals surface area contributed by atoms with E-state index in [1.807, 2.05) is 18.3 Å². The van der Waals surface area contributed by atoms with Crippen LogP contribution in [-0.2, 0) is 4.74 Å². The fourth-order valence-corrected chi connectivity index (χ4v) is 3.29. The second kappa shape index (κ2) is 6.42. The Morgan fingerprint density at radius 2 is 2.09 bits per heavy atom. The molecule has 1 aliphatic heterocycles. The summed E-state index contributed by atoms with van der Waals surface area (Å²) in [7, 11) is 0. The Labute approximate surface area is 139 Å². The molecule has 0 spiro atoms. The Balaban J connectivity index is 1.94. The molecule has 0 saturated carbocycles. The molecule has 1 aromatic carbocycles. The third kappa shape index (κ3) is 3.06. The van der Waals surface area contributed by atoms with E-state index in [1.54, 1.807) is 0 Å². The molecule has 118 valence electrons. The molecule has 1 N–H and O–H groups in total. The molecule has 0 radical (unpaired) electrons. The van der Waals surface area contributed by atoms with Crippen molar-refractivity contribution in [3.63, 3.8) is 0 Å². The van der Waals surface area contributed by atoms with E-state index in [0.29, 0.717) is 6.04 Å². The van der Waals surface area contributed by atoms with Gasteiger partial charge in [0.05, 0.1) is 11.1 Å². The van der Waals surface area contributed by atoms with Gasteiger partial charge in [-0.3, -0.25) is 4.79 Å². The zero-order valence-corrected chi connectivity index (χ0v) is 14.5. The van der Waals surface area contributed by atoms with Crippen LogP contribution in [0.2, 0.25) is 0 Å². The largest absolute Gasteiger partial charge is 0.381 e. The van der Waals surface area contributed by atoms with E-state index >= 15 is 0 Å². The average Bonchev–Trinajstić information content (AvgIpc) is 2.87. The topological polar surface area (TPSA) is 43.3 Å². The highest BCUT2D eigenvalue weighted by Gasteiger charge is 2.21. The van der Waals surface area contributed by atoms with Crippen LogP contribution in [0.1, 0.15) is 43.1 Å². The molecule has 1 saturated heterocycles. The summed E-state index contributed by atoms with van der Waals surface area (Å²) >= 11 is 3.51. The van der Waals surface area contributed by atoms with E-state index in [1.165, 1.54) is 0 Å².